The van der Waals surface area contributed by atoms with Crippen LogP contribution in [-0.4, -0.2) is 6.21 Å². The summed E-state index contributed by atoms with van der Waals surface area (Å²) < 4.78 is 24.5. The Morgan fingerprint density at radius 1 is 1.31 bits per heavy atom. The van der Waals surface area contributed by atoms with Gasteiger partial charge < -0.3 is 4.84 Å². The third-order valence-corrected chi connectivity index (χ3v) is 1.95. The molecule has 4 heteroatoms. The highest BCUT2D eigenvalue weighted by Crippen LogP contribution is 2.18. The zero-order valence-corrected chi connectivity index (χ0v) is 9.12. The normalized spacial score (nSPS) is 11.2. The summed E-state index contributed by atoms with van der Waals surface area (Å²) in [6.07, 6.45) is 2.02. The summed E-state index contributed by atoms with van der Waals surface area (Å²) in [5.74, 6) is 0. The van der Waals surface area contributed by atoms with Gasteiger partial charge in [-0.3, -0.25) is 0 Å². The molecule has 0 aliphatic carbocycles. The van der Waals surface area contributed by atoms with Crippen LogP contribution in [0.2, 0.25) is 0 Å². The van der Waals surface area contributed by atoms with E-state index in [1.54, 1.807) is 12.1 Å². The molecule has 0 aliphatic rings. The second-order valence-electron chi connectivity index (χ2n) is 3.32. The number of unbranched alkanes of at least 4 members (excludes halogenated alkanes) is 1. The molecule has 1 rings (SSSR count). The maximum absolute atomic E-state index is 12.2. The standard InChI is InChI=1S/C12H14F2NO/c1-2-3-8-15-16-9-10-4-6-11(7-5-10)12(13)14/h4-7,12H,2-3,9H2,1H3. The van der Waals surface area contributed by atoms with Crippen LogP contribution in [0.15, 0.2) is 29.4 Å². The van der Waals surface area contributed by atoms with Crippen LogP contribution in [-0.2, 0) is 11.4 Å². The van der Waals surface area contributed by atoms with Crippen LogP contribution >= 0.6 is 0 Å². The van der Waals surface area contributed by atoms with Gasteiger partial charge in [0.2, 0.25) is 0 Å². The first-order chi connectivity index (χ1) is 7.74. The zero-order valence-electron chi connectivity index (χ0n) is 9.12. The molecule has 0 spiro atoms. The van der Waals surface area contributed by atoms with Gasteiger partial charge in [-0.1, -0.05) is 42.8 Å². The second-order valence-corrected chi connectivity index (χ2v) is 3.32. The highest BCUT2D eigenvalue weighted by molar-refractivity contribution is 5.55. The maximum atomic E-state index is 12.2. The Labute approximate surface area is 93.9 Å². The summed E-state index contributed by atoms with van der Waals surface area (Å²) >= 11 is 0. The average Bonchev–Trinajstić information content (AvgIpc) is 2.29. The fourth-order valence-electron chi connectivity index (χ4n) is 1.07. The molecule has 16 heavy (non-hydrogen) atoms. The van der Waals surface area contributed by atoms with Gasteiger partial charge in [0.05, 0.1) is 0 Å². The van der Waals surface area contributed by atoms with Crippen molar-refractivity contribution in [2.75, 3.05) is 0 Å². The van der Waals surface area contributed by atoms with Crippen molar-refractivity contribution in [3.05, 3.63) is 35.4 Å². The van der Waals surface area contributed by atoms with Gasteiger partial charge in [0.25, 0.3) is 6.43 Å². The summed E-state index contributed by atoms with van der Waals surface area (Å²) in [7, 11) is 0. The van der Waals surface area contributed by atoms with Gasteiger partial charge >= 0.3 is 0 Å². The van der Waals surface area contributed by atoms with Gasteiger partial charge in [-0.15, -0.1) is 0 Å². The van der Waals surface area contributed by atoms with Crippen LogP contribution < -0.4 is 0 Å². The molecule has 1 aromatic carbocycles. The molecule has 0 saturated carbocycles. The Bertz CT molecular complexity index is 322. The van der Waals surface area contributed by atoms with E-state index < -0.39 is 6.43 Å². The Hall–Kier alpha value is -1.45. The van der Waals surface area contributed by atoms with Crippen molar-refractivity contribution in [1.29, 1.82) is 0 Å². The molecule has 0 N–H and O–H groups in total. The first-order valence-corrected chi connectivity index (χ1v) is 5.16. The van der Waals surface area contributed by atoms with Crippen molar-refractivity contribution >= 4 is 6.21 Å². The summed E-state index contributed by atoms with van der Waals surface area (Å²) in [6.45, 7) is 2.30. The number of alkyl halides is 2. The molecule has 1 aromatic rings. The monoisotopic (exact) mass is 226 g/mol. The van der Waals surface area contributed by atoms with Gasteiger partial charge in [-0.2, -0.15) is 0 Å². The molecule has 0 heterocycles. The maximum Gasteiger partial charge on any atom is 0.263 e. The van der Waals surface area contributed by atoms with Gasteiger partial charge in [-0.25, -0.2) is 8.78 Å². The first-order valence-electron chi connectivity index (χ1n) is 5.16. The van der Waals surface area contributed by atoms with Crippen LogP contribution in [0.5, 0.6) is 0 Å². The van der Waals surface area contributed by atoms with Crippen molar-refractivity contribution in [3.8, 4) is 0 Å². The summed E-state index contributed by atoms with van der Waals surface area (Å²) in [4.78, 5) is 4.95. The van der Waals surface area contributed by atoms with Crippen LogP contribution in [0.4, 0.5) is 8.78 Å². The third kappa shape index (κ3) is 4.38. The van der Waals surface area contributed by atoms with Crippen LogP contribution in [0.25, 0.3) is 0 Å². The molecule has 0 aromatic heterocycles. The van der Waals surface area contributed by atoms with Crippen molar-refractivity contribution in [3.63, 3.8) is 0 Å². The number of hydrogen-bond donors (Lipinski definition) is 0. The molecule has 0 atom stereocenters. The largest absolute Gasteiger partial charge is 0.391 e. The number of rotatable bonds is 6. The van der Waals surface area contributed by atoms with Crippen molar-refractivity contribution in [1.82, 2.24) is 0 Å². The summed E-state index contributed by atoms with van der Waals surface area (Å²) in [5.41, 5.74) is 0.830. The van der Waals surface area contributed by atoms with E-state index in [9.17, 15) is 8.78 Å². The highest BCUT2D eigenvalue weighted by atomic mass is 19.3. The van der Waals surface area contributed by atoms with Gasteiger partial charge in [0.15, 0.2) is 0 Å². The van der Waals surface area contributed by atoms with Crippen molar-refractivity contribution in [2.24, 2.45) is 5.16 Å². The Morgan fingerprint density at radius 3 is 2.56 bits per heavy atom. The molecule has 0 unspecified atom stereocenters. The van der Waals surface area contributed by atoms with E-state index in [1.165, 1.54) is 12.1 Å². The van der Waals surface area contributed by atoms with E-state index in [4.69, 9.17) is 4.84 Å². The quantitative estimate of drug-likeness (QED) is 0.534. The Morgan fingerprint density at radius 2 is 2.00 bits per heavy atom. The Kier molecular flexibility index (Phi) is 5.46. The molecule has 0 aliphatic heterocycles. The predicted octanol–water partition coefficient (Wildman–Crippen LogP) is 3.80. The van der Waals surface area contributed by atoms with Gasteiger partial charge in [0.1, 0.15) is 12.8 Å². The minimum Gasteiger partial charge on any atom is -0.391 e. The smallest absolute Gasteiger partial charge is 0.263 e. The van der Waals surface area contributed by atoms with Crippen LogP contribution in [0.1, 0.15) is 37.3 Å². The fraction of sp³-hybridized carbons (Fsp3) is 0.417. The number of nitrogens with zero attached hydrogens (tertiary/aromatic N) is 1. The number of hydrogen-bond acceptors (Lipinski definition) is 2. The molecule has 0 amide bonds. The molecule has 0 bridgehead atoms. The molecule has 0 saturated heterocycles. The molecule has 0 fully saturated rings. The molecule has 2 nitrogen and oxygen atoms in total. The van der Waals surface area contributed by atoms with Gasteiger partial charge in [-0.05, 0) is 12.0 Å². The van der Waals surface area contributed by atoms with Crippen LogP contribution in [0, 0.1) is 0 Å². The zero-order chi connectivity index (χ0) is 11.8. The molecule has 87 valence electrons. The SMILES string of the molecule is CCC/[C]=N/OCc1ccc(C(F)F)cc1. The van der Waals surface area contributed by atoms with E-state index in [-0.39, 0.29) is 12.2 Å². The number of benzene rings is 1. The van der Waals surface area contributed by atoms with E-state index in [2.05, 4.69) is 11.4 Å². The highest BCUT2D eigenvalue weighted by Gasteiger charge is 2.05. The lowest BCUT2D eigenvalue weighted by Crippen LogP contribution is -1.89. The second kappa shape index (κ2) is 6.93. The van der Waals surface area contributed by atoms with Crippen molar-refractivity contribution in [2.45, 2.75) is 32.8 Å². The minimum atomic E-state index is -2.43. The predicted molar refractivity (Wildman–Crippen MR) is 58.5 cm³/mol. The van der Waals surface area contributed by atoms with E-state index in [1.807, 2.05) is 6.92 Å². The fourth-order valence-corrected chi connectivity index (χ4v) is 1.07. The third-order valence-electron chi connectivity index (χ3n) is 1.95. The Balaban J connectivity index is 2.37. The lowest BCUT2D eigenvalue weighted by Gasteiger charge is -2.02. The first kappa shape index (κ1) is 12.6. The van der Waals surface area contributed by atoms with Crippen molar-refractivity contribution < 1.29 is 13.6 Å². The van der Waals surface area contributed by atoms with Gasteiger partial charge in [0, 0.05) is 5.56 Å². The topological polar surface area (TPSA) is 21.6 Å². The molecular formula is C12H14F2NO. The summed E-state index contributed by atoms with van der Waals surface area (Å²) in [6, 6.07) is 6.00. The van der Waals surface area contributed by atoms with E-state index in [0.717, 1.165) is 18.4 Å². The lowest BCUT2D eigenvalue weighted by molar-refractivity contribution is 0.131. The minimum absolute atomic E-state index is 0.0183. The average molecular weight is 226 g/mol. The van der Waals surface area contributed by atoms with E-state index >= 15 is 0 Å². The summed E-state index contributed by atoms with van der Waals surface area (Å²) in [5, 5.41) is 3.62. The molecular weight excluding hydrogens is 212 g/mol. The van der Waals surface area contributed by atoms with Crippen LogP contribution in [0.3, 0.4) is 0 Å². The lowest BCUT2D eigenvalue weighted by atomic mass is 10.1. The van der Waals surface area contributed by atoms with E-state index in [0.29, 0.717) is 0 Å². The number of halogens is 2. The molecule has 1 radical (unpaired) electrons.